The Morgan fingerprint density at radius 2 is 1.93 bits per heavy atom. The van der Waals surface area contributed by atoms with Crippen LogP contribution in [0.2, 0.25) is 0 Å². The fraction of sp³-hybridized carbons (Fsp3) is 0.944. The van der Waals surface area contributed by atoms with Crippen molar-refractivity contribution >= 4 is 17.7 Å². The van der Waals surface area contributed by atoms with Gasteiger partial charge < -0.3 is 42.9 Å². The molecule has 0 unspecified atom stereocenters. The number of likely N-dealkylation sites (tertiary alicyclic amines) is 1. The van der Waals surface area contributed by atoms with E-state index in [4.69, 9.17) is 4.74 Å². The summed E-state index contributed by atoms with van der Waals surface area (Å²) in [5.41, 5.74) is -0.755. The monoisotopic (exact) mass is 441 g/mol. The van der Waals surface area contributed by atoms with Gasteiger partial charge in [0.2, 0.25) is 5.91 Å². The molecule has 2 rings (SSSR count). The van der Waals surface area contributed by atoms with Gasteiger partial charge in [-0.2, -0.15) is 0 Å². The van der Waals surface area contributed by atoms with Gasteiger partial charge >= 0.3 is 0 Å². The van der Waals surface area contributed by atoms with E-state index in [1.807, 2.05) is 11.9 Å². The highest BCUT2D eigenvalue weighted by Gasteiger charge is 2.48. The van der Waals surface area contributed by atoms with Gasteiger partial charge in [-0.25, -0.2) is 0 Å². The standard InChI is InChI=1S/C18H34N2O6S.ClH/c1-5-6-10-7-11(20(3)8-10)17(25)19-12(9(2)21)16-14(23)13(22)15(24)18(26-16)27-4;/h9-16,18,21-24H,5-8H2,1-4H3,(H,19,25);1H/p-1/t9-,10-,11+,12-,13+,14-,15-,16-,18-;/m1./s1. The van der Waals surface area contributed by atoms with Gasteiger partial charge in [0.15, 0.2) is 0 Å². The Morgan fingerprint density at radius 1 is 1.29 bits per heavy atom. The van der Waals surface area contributed by atoms with Gasteiger partial charge in [-0.3, -0.25) is 9.69 Å². The van der Waals surface area contributed by atoms with E-state index in [0.29, 0.717) is 5.92 Å². The van der Waals surface area contributed by atoms with E-state index in [9.17, 15) is 25.2 Å². The summed E-state index contributed by atoms with van der Waals surface area (Å²) in [6.07, 6.45) is -1.50. The summed E-state index contributed by atoms with van der Waals surface area (Å²) in [6.45, 7) is 4.48. The molecule has 166 valence electrons. The van der Waals surface area contributed by atoms with Crippen molar-refractivity contribution in [2.75, 3.05) is 19.8 Å². The Labute approximate surface area is 177 Å². The van der Waals surface area contributed by atoms with E-state index in [0.717, 1.165) is 25.8 Å². The lowest BCUT2D eigenvalue weighted by Gasteiger charge is -2.44. The van der Waals surface area contributed by atoms with Crippen molar-refractivity contribution in [2.24, 2.45) is 5.92 Å². The van der Waals surface area contributed by atoms with Gasteiger partial charge in [-0.1, -0.05) is 13.3 Å². The van der Waals surface area contributed by atoms with Crippen molar-refractivity contribution in [1.82, 2.24) is 10.2 Å². The number of likely N-dealkylation sites (N-methyl/N-ethyl adjacent to an activating group) is 1. The summed E-state index contributed by atoms with van der Waals surface area (Å²) in [6, 6.07) is -1.20. The summed E-state index contributed by atoms with van der Waals surface area (Å²) in [7, 11) is 1.91. The second-order valence-electron chi connectivity index (χ2n) is 7.80. The Bertz CT molecular complexity index is 501. The summed E-state index contributed by atoms with van der Waals surface area (Å²) in [5.74, 6) is 0.245. The van der Waals surface area contributed by atoms with Crippen LogP contribution in [0, 0.1) is 5.92 Å². The quantitative estimate of drug-likeness (QED) is 0.272. The lowest BCUT2D eigenvalue weighted by molar-refractivity contribution is -0.211. The minimum atomic E-state index is -1.42. The Morgan fingerprint density at radius 3 is 2.46 bits per heavy atom. The number of nitrogens with one attached hydrogen (secondary N) is 1. The van der Waals surface area contributed by atoms with Crippen LogP contribution in [0.5, 0.6) is 0 Å². The minimum absolute atomic E-state index is 0. The molecule has 0 aliphatic carbocycles. The number of hydrogen-bond donors (Lipinski definition) is 5. The lowest BCUT2D eigenvalue weighted by atomic mass is 9.92. The molecule has 0 aromatic heterocycles. The van der Waals surface area contributed by atoms with E-state index in [-0.39, 0.29) is 24.4 Å². The molecule has 2 aliphatic heterocycles. The zero-order valence-electron chi connectivity index (χ0n) is 16.9. The van der Waals surface area contributed by atoms with Gasteiger partial charge in [0, 0.05) is 6.54 Å². The molecule has 2 fully saturated rings. The third kappa shape index (κ3) is 5.72. The van der Waals surface area contributed by atoms with Crippen LogP contribution in [0.1, 0.15) is 33.1 Å². The molecule has 0 bridgehead atoms. The van der Waals surface area contributed by atoms with Crippen molar-refractivity contribution in [3.63, 3.8) is 0 Å². The number of halogens is 1. The summed E-state index contributed by atoms with van der Waals surface area (Å²) >= 11 is 1.20. The maximum Gasteiger partial charge on any atom is 0.237 e. The predicted molar refractivity (Wildman–Crippen MR) is 103 cm³/mol. The van der Waals surface area contributed by atoms with Crippen LogP contribution in [0.25, 0.3) is 0 Å². The highest BCUT2D eigenvalue weighted by atomic mass is 35.5. The van der Waals surface area contributed by atoms with E-state index in [2.05, 4.69) is 12.2 Å². The summed E-state index contributed by atoms with van der Waals surface area (Å²) in [4.78, 5) is 14.9. The molecular formula is C18H34ClN2O6S-. The van der Waals surface area contributed by atoms with Crippen LogP contribution in [-0.4, -0.2) is 99.1 Å². The summed E-state index contributed by atoms with van der Waals surface area (Å²) in [5, 5.41) is 43.5. The SMILES string of the molecule is CCC[C@@H]1C[C@@H](C(=O)N[C@@H]([C@H]2O[C@H](SC)[C@H](O)[C@@H](O)[C@H]2O)[C@@H](C)O)N(C)C1.[Cl-]. The average molecular weight is 442 g/mol. The molecule has 2 saturated heterocycles. The normalized spacial score (nSPS) is 38.5. The van der Waals surface area contributed by atoms with Crippen LogP contribution in [0.3, 0.4) is 0 Å². The minimum Gasteiger partial charge on any atom is -1.00 e. The highest BCUT2D eigenvalue weighted by Crippen LogP contribution is 2.30. The number of rotatable bonds is 7. The topological polar surface area (TPSA) is 122 Å². The van der Waals surface area contributed by atoms with E-state index < -0.39 is 42.0 Å². The number of nitrogens with zero attached hydrogens (tertiary/aromatic N) is 1. The molecule has 0 spiro atoms. The number of amides is 1. The molecular weight excluding hydrogens is 408 g/mol. The molecule has 0 saturated carbocycles. The van der Waals surface area contributed by atoms with Crippen LogP contribution >= 0.6 is 11.8 Å². The first-order valence-corrected chi connectivity index (χ1v) is 10.9. The van der Waals surface area contributed by atoms with Crippen molar-refractivity contribution in [3.05, 3.63) is 0 Å². The second-order valence-corrected chi connectivity index (χ2v) is 8.73. The lowest BCUT2D eigenvalue weighted by Crippen LogP contribution is -3.00. The van der Waals surface area contributed by atoms with Crippen molar-refractivity contribution in [2.45, 2.75) is 81.1 Å². The van der Waals surface area contributed by atoms with Crippen LogP contribution in [0.4, 0.5) is 0 Å². The molecule has 0 radical (unpaired) electrons. The van der Waals surface area contributed by atoms with Gasteiger partial charge in [0.05, 0.1) is 18.2 Å². The molecule has 10 heteroatoms. The van der Waals surface area contributed by atoms with Gasteiger partial charge in [0.25, 0.3) is 0 Å². The number of aliphatic hydroxyl groups is 4. The smallest absolute Gasteiger partial charge is 0.237 e. The zero-order valence-corrected chi connectivity index (χ0v) is 18.4. The molecule has 5 N–H and O–H groups in total. The first-order chi connectivity index (χ1) is 12.7. The van der Waals surface area contributed by atoms with Gasteiger partial charge in [0.1, 0.15) is 29.9 Å². The fourth-order valence-electron chi connectivity index (χ4n) is 4.13. The van der Waals surface area contributed by atoms with Crippen molar-refractivity contribution in [1.29, 1.82) is 0 Å². The van der Waals surface area contributed by atoms with Crippen LogP contribution in [-0.2, 0) is 9.53 Å². The third-order valence-electron chi connectivity index (χ3n) is 5.66. The number of carbonyl (C=O) groups excluding carboxylic acids is 1. The first kappa shape index (κ1) is 25.9. The maximum absolute atomic E-state index is 12.8. The van der Waals surface area contributed by atoms with Crippen molar-refractivity contribution in [3.8, 4) is 0 Å². The molecule has 28 heavy (non-hydrogen) atoms. The molecule has 2 aliphatic rings. The third-order valence-corrected chi connectivity index (χ3v) is 6.51. The molecule has 8 nitrogen and oxygen atoms in total. The van der Waals surface area contributed by atoms with Crippen LogP contribution < -0.4 is 17.7 Å². The number of aliphatic hydroxyl groups excluding tert-OH is 4. The predicted octanol–water partition coefficient (Wildman–Crippen LogP) is -3.85. The number of thioether (sulfide) groups is 1. The number of hydrogen-bond acceptors (Lipinski definition) is 8. The van der Waals surface area contributed by atoms with Gasteiger partial charge in [-0.05, 0) is 39.0 Å². The Hall–Kier alpha value is -0.130. The fourth-order valence-corrected chi connectivity index (χ4v) is 4.81. The second kappa shape index (κ2) is 11.3. The Balaban J connectivity index is 0.00000392. The van der Waals surface area contributed by atoms with E-state index in [1.165, 1.54) is 18.7 Å². The Kier molecular flexibility index (Phi) is 10.5. The van der Waals surface area contributed by atoms with E-state index >= 15 is 0 Å². The number of ether oxygens (including phenoxy) is 1. The van der Waals surface area contributed by atoms with Gasteiger partial charge in [-0.15, -0.1) is 11.8 Å². The number of carbonyl (C=O) groups is 1. The molecule has 9 atom stereocenters. The first-order valence-electron chi connectivity index (χ1n) is 9.62. The maximum atomic E-state index is 12.8. The molecule has 2 heterocycles. The largest absolute Gasteiger partial charge is 1.00 e. The zero-order chi connectivity index (χ0) is 20.3. The van der Waals surface area contributed by atoms with E-state index in [1.54, 1.807) is 6.26 Å². The van der Waals surface area contributed by atoms with Crippen LogP contribution in [0.15, 0.2) is 0 Å². The molecule has 1 amide bonds. The molecule has 0 aromatic carbocycles. The average Bonchev–Trinajstić information content (AvgIpc) is 2.99. The molecule has 0 aromatic rings. The highest BCUT2D eigenvalue weighted by molar-refractivity contribution is 7.99. The van der Waals surface area contributed by atoms with Crippen molar-refractivity contribution < 1.29 is 42.4 Å². The summed E-state index contributed by atoms with van der Waals surface area (Å²) < 4.78 is 5.72.